The van der Waals surface area contributed by atoms with Crippen LogP contribution >= 0.6 is 27.7 Å². The van der Waals surface area contributed by atoms with Crippen LogP contribution in [0.1, 0.15) is 15.9 Å². The zero-order valence-electron chi connectivity index (χ0n) is 18.5. The maximum absolute atomic E-state index is 12.4. The van der Waals surface area contributed by atoms with Gasteiger partial charge in [-0.15, -0.1) is 10.2 Å². The van der Waals surface area contributed by atoms with Crippen molar-refractivity contribution in [2.75, 3.05) is 11.1 Å². The number of amides is 1. The molecule has 36 heavy (non-hydrogen) atoms. The highest BCUT2D eigenvalue weighted by molar-refractivity contribution is 9.10. The fourth-order valence-corrected chi connectivity index (χ4v) is 3.85. The summed E-state index contributed by atoms with van der Waals surface area (Å²) in [5.74, 6) is -0.324. The molecule has 0 spiro atoms. The quantitative estimate of drug-likeness (QED) is 0.0856. The van der Waals surface area contributed by atoms with Crippen molar-refractivity contribution in [3.8, 4) is 11.5 Å². The number of aromatic nitrogens is 2. The number of nitro benzene ring substituents is 1. The summed E-state index contributed by atoms with van der Waals surface area (Å²) in [7, 11) is 0. The number of hydrogen-bond acceptors (Lipinski definition) is 8. The summed E-state index contributed by atoms with van der Waals surface area (Å²) in [6, 6.07) is 20.0. The normalized spacial score (nSPS) is 10.9. The first-order chi connectivity index (χ1) is 17.4. The Morgan fingerprint density at radius 1 is 1.06 bits per heavy atom. The van der Waals surface area contributed by atoms with Gasteiger partial charge in [0.1, 0.15) is 0 Å². The van der Waals surface area contributed by atoms with Crippen LogP contribution in [0.3, 0.4) is 0 Å². The fourth-order valence-electron chi connectivity index (χ4n) is 3.02. The lowest BCUT2D eigenvalue weighted by Crippen LogP contribution is -2.14. The third-order valence-corrected chi connectivity index (χ3v) is 6.13. The lowest BCUT2D eigenvalue weighted by atomic mass is 10.1. The van der Waals surface area contributed by atoms with Gasteiger partial charge in [-0.25, -0.2) is 0 Å². The molecule has 0 atom stereocenters. The van der Waals surface area contributed by atoms with E-state index in [9.17, 15) is 19.7 Å². The molecule has 0 radical (unpaired) electrons. The predicted octanol–water partition coefficient (Wildman–Crippen LogP) is 6.03. The predicted molar refractivity (Wildman–Crippen MR) is 140 cm³/mol. The first-order valence-corrected chi connectivity index (χ1v) is 12.2. The van der Waals surface area contributed by atoms with Crippen molar-refractivity contribution in [2.45, 2.75) is 5.22 Å². The van der Waals surface area contributed by atoms with Crippen LogP contribution in [0.25, 0.3) is 17.5 Å². The van der Waals surface area contributed by atoms with Crippen molar-refractivity contribution in [1.82, 2.24) is 10.2 Å². The van der Waals surface area contributed by atoms with Crippen molar-refractivity contribution >= 4 is 56.8 Å². The summed E-state index contributed by atoms with van der Waals surface area (Å²) in [5, 5.41) is 21.6. The van der Waals surface area contributed by atoms with Gasteiger partial charge >= 0.3 is 0 Å². The third kappa shape index (κ3) is 6.74. The summed E-state index contributed by atoms with van der Waals surface area (Å²) in [5.41, 5.74) is 2.26. The lowest BCUT2D eigenvalue weighted by Gasteiger charge is -2.05. The molecule has 4 aromatic rings. The molecule has 3 aromatic carbocycles. The Balaban J connectivity index is 1.29. The van der Waals surface area contributed by atoms with Crippen LogP contribution in [0.2, 0.25) is 0 Å². The summed E-state index contributed by atoms with van der Waals surface area (Å²) in [4.78, 5) is 35.1. The number of nitro groups is 1. The highest BCUT2D eigenvalue weighted by atomic mass is 79.9. The number of nitrogens with one attached hydrogen (secondary N) is 1. The number of halogens is 1. The molecule has 1 heterocycles. The molecule has 0 aliphatic rings. The molecule has 0 bridgehead atoms. The molecule has 180 valence electrons. The van der Waals surface area contributed by atoms with E-state index in [2.05, 4.69) is 31.4 Å². The standard InChI is InChI=1S/C25H17BrN4O5S/c26-19-9-4-16(5-10-19)6-13-22(31)17-7-11-20(12-8-17)27-23(32)15-36-25-29-28-24(35-25)18-2-1-3-21(14-18)30(33)34/h1-14H,15H2,(H,27,32)/b13-6-. The van der Waals surface area contributed by atoms with Crippen LogP contribution in [0, 0.1) is 10.1 Å². The molecule has 1 N–H and O–H groups in total. The SMILES string of the molecule is O=C(CSc1nnc(-c2cccc([N+](=O)[O-])c2)o1)Nc1ccc(C(=O)/C=C\c2ccc(Br)cc2)cc1. The summed E-state index contributed by atoms with van der Waals surface area (Å²) in [6.45, 7) is 0. The second-order valence-electron chi connectivity index (χ2n) is 7.34. The van der Waals surface area contributed by atoms with E-state index >= 15 is 0 Å². The Hall–Kier alpha value is -4.09. The third-order valence-electron chi connectivity index (χ3n) is 4.79. The molecular weight excluding hydrogens is 548 g/mol. The summed E-state index contributed by atoms with van der Waals surface area (Å²) < 4.78 is 6.46. The number of allylic oxidation sites excluding steroid dienone is 1. The van der Waals surface area contributed by atoms with E-state index in [0.717, 1.165) is 21.8 Å². The molecule has 0 aliphatic heterocycles. The largest absolute Gasteiger partial charge is 0.411 e. The van der Waals surface area contributed by atoms with E-state index in [-0.39, 0.29) is 34.2 Å². The second-order valence-corrected chi connectivity index (χ2v) is 9.19. The molecule has 1 aromatic heterocycles. The molecule has 4 rings (SSSR count). The molecule has 0 saturated carbocycles. The van der Waals surface area contributed by atoms with Gasteiger partial charge in [0, 0.05) is 33.4 Å². The van der Waals surface area contributed by atoms with Crippen molar-refractivity contribution in [2.24, 2.45) is 0 Å². The Bertz CT molecular complexity index is 1440. The van der Waals surface area contributed by atoms with E-state index in [1.807, 2.05) is 24.3 Å². The minimum absolute atomic E-state index is 0.00712. The number of carbonyl (C=O) groups excluding carboxylic acids is 2. The first kappa shape index (κ1) is 25.0. The molecule has 9 nitrogen and oxygen atoms in total. The van der Waals surface area contributed by atoms with Crippen molar-refractivity contribution in [3.63, 3.8) is 0 Å². The maximum Gasteiger partial charge on any atom is 0.277 e. The minimum atomic E-state index is -0.511. The Morgan fingerprint density at radius 3 is 2.53 bits per heavy atom. The fraction of sp³-hybridized carbons (Fsp3) is 0.0400. The molecule has 11 heteroatoms. The number of carbonyl (C=O) groups is 2. The molecule has 0 aliphatic carbocycles. The van der Waals surface area contributed by atoms with Gasteiger partial charge in [0.2, 0.25) is 11.8 Å². The number of non-ortho nitro benzene ring substituents is 1. The number of nitrogens with zero attached hydrogens (tertiary/aromatic N) is 3. The number of benzene rings is 3. The molecule has 0 saturated heterocycles. The highest BCUT2D eigenvalue weighted by Gasteiger charge is 2.14. The molecule has 0 fully saturated rings. The Morgan fingerprint density at radius 2 is 1.81 bits per heavy atom. The number of ketones is 1. The average molecular weight is 565 g/mol. The van der Waals surface area contributed by atoms with Crippen molar-refractivity contribution in [1.29, 1.82) is 0 Å². The van der Waals surface area contributed by atoms with Gasteiger partial charge in [-0.05, 0) is 54.1 Å². The van der Waals surface area contributed by atoms with Gasteiger partial charge in [-0.2, -0.15) is 0 Å². The van der Waals surface area contributed by atoms with Crippen LogP contribution in [-0.4, -0.2) is 32.6 Å². The van der Waals surface area contributed by atoms with Crippen molar-refractivity contribution < 1.29 is 18.9 Å². The number of hydrogen-bond donors (Lipinski definition) is 1. The van der Waals surface area contributed by atoms with Gasteiger partial charge in [-0.1, -0.05) is 52.0 Å². The first-order valence-electron chi connectivity index (χ1n) is 10.5. The van der Waals surface area contributed by atoms with Crippen LogP contribution in [0.15, 0.2) is 93.0 Å². The zero-order valence-corrected chi connectivity index (χ0v) is 20.9. The topological polar surface area (TPSA) is 128 Å². The van der Waals surface area contributed by atoms with E-state index < -0.39 is 4.92 Å². The average Bonchev–Trinajstić information content (AvgIpc) is 3.37. The van der Waals surface area contributed by atoms with E-state index in [1.165, 1.54) is 24.3 Å². The summed E-state index contributed by atoms with van der Waals surface area (Å²) >= 11 is 4.41. The van der Waals surface area contributed by atoms with Crippen molar-refractivity contribution in [3.05, 3.63) is 105 Å². The van der Waals surface area contributed by atoms with E-state index in [4.69, 9.17) is 4.42 Å². The number of anilines is 1. The van der Waals surface area contributed by atoms with Gasteiger partial charge in [-0.3, -0.25) is 19.7 Å². The summed E-state index contributed by atoms with van der Waals surface area (Å²) in [6.07, 6.45) is 3.24. The monoisotopic (exact) mass is 564 g/mol. The number of rotatable bonds is 9. The van der Waals surface area contributed by atoms with Crippen LogP contribution in [-0.2, 0) is 4.79 Å². The van der Waals surface area contributed by atoms with Gasteiger partial charge in [0.05, 0.1) is 10.7 Å². The van der Waals surface area contributed by atoms with Gasteiger partial charge in [0.25, 0.3) is 10.9 Å². The van der Waals surface area contributed by atoms with E-state index in [0.29, 0.717) is 16.8 Å². The van der Waals surface area contributed by atoms with Crippen LogP contribution < -0.4 is 5.32 Å². The van der Waals surface area contributed by atoms with Gasteiger partial charge < -0.3 is 9.73 Å². The number of thioether (sulfide) groups is 1. The van der Waals surface area contributed by atoms with Gasteiger partial charge in [0.15, 0.2) is 5.78 Å². The lowest BCUT2D eigenvalue weighted by molar-refractivity contribution is -0.384. The Labute approximate surface area is 217 Å². The van der Waals surface area contributed by atoms with Crippen LogP contribution in [0.5, 0.6) is 0 Å². The smallest absolute Gasteiger partial charge is 0.277 e. The Kier molecular flexibility index (Phi) is 8.03. The molecule has 0 unspecified atom stereocenters. The maximum atomic E-state index is 12.4. The van der Waals surface area contributed by atoms with E-state index in [1.54, 1.807) is 36.4 Å². The molecular formula is C25H17BrN4O5S. The molecule has 1 amide bonds. The minimum Gasteiger partial charge on any atom is -0.411 e. The van der Waals surface area contributed by atoms with Crippen LogP contribution in [0.4, 0.5) is 11.4 Å². The highest BCUT2D eigenvalue weighted by Crippen LogP contribution is 2.26. The zero-order chi connectivity index (χ0) is 25.5. The second kappa shape index (κ2) is 11.6.